The molecule has 1 aromatic carbocycles. The summed E-state index contributed by atoms with van der Waals surface area (Å²) in [7, 11) is -3.04. The number of carbonyl (C=O) groups is 2. The van der Waals surface area contributed by atoms with Crippen LogP contribution in [0.3, 0.4) is 0 Å². The highest BCUT2D eigenvalue weighted by molar-refractivity contribution is 7.91. The molecule has 26 heavy (non-hydrogen) atoms. The molecule has 1 atom stereocenters. The van der Waals surface area contributed by atoms with Gasteiger partial charge in [-0.25, -0.2) is 8.42 Å². The van der Waals surface area contributed by atoms with Gasteiger partial charge in [-0.2, -0.15) is 0 Å². The van der Waals surface area contributed by atoms with Gasteiger partial charge in [0.25, 0.3) is 0 Å². The Bertz CT molecular complexity index is 761. The van der Waals surface area contributed by atoms with Crippen molar-refractivity contribution in [3.05, 3.63) is 24.3 Å². The van der Waals surface area contributed by atoms with Crippen molar-refractivity contribution in [1.82, 2.24) is 5.32 Å². The Balaban J connectivity index is 2.01. The zero-order valence-electron chi connectivity index (χ0n) is 15.4. The minimum Gasteiger partial charge on any atom is -0.489 e. The lowest BCUT2D eigenvalue weighted by atomic mass is 10.2. The second-order valence-corrected chi connectivity index (χ2v) is 8.95. The number of anilines is 1. The smallest absolute Gasteiger partial charge is 0.223 e. The summed E-state index contributed by atoms with van der Waals surface area (Å²) < 4.78 is 28.7. The number of amides is 2. The summed E-state index contributed by atoms with van der Waals surface area (Å²) in [4.78, 5) is 25.7. The van der Waals surface area contributed by atoms with Gasteiger partial charge in [-0.15, -0.1) is 0 Å². The highest BCUT2D eigenvalue weighted by Crippen LogP contribution is 2.29. The number of nitrogens with zero attached hydrogens (tertiary/aromatic N) is 1. The summed E-state index contributed by atoms with van der Waals surface area (Å²) in [5, 5.41) is 2.74. The van der Waals surface area contributed by atoms with Crippen LogP contribution >= 0.6 is 0 Å². The molecule has 0 radical (unpaired) electrons. The van der Waals surface area contributed by atoms with Crippen LogP contribution in [-0.2, 0) is 19.4 Å². The maximum absolute atomic E-state index is 12.2. The molecule has 144 valence electrons. The van der Waals surface area contributed by atoms with Gasteiger partial charge >= 0.3 is 0 Å². The Morgan fingerprint density at radius 3 is 2.58 bits per heavy atom. The van der Waals surface area contributed by atoms with Gasteiger partial charge in [-0.1, -0.05) is 12.1 Å². The van der Waals surface area contributed by atoms with Crippen LogP contribution in [0.1, 0.15) is 33.6 Å². The lowest BCUT2D eigenvalue weighted by molar-refractivity contribution is -0.121. The van der Waals surface area contributed by atoms with E-state index in [1.165, 1.54) is 11.8 Å². The van der Waals surface area contributed by atoms with Crippen molar-refractivity contribution in [1.29, 1.82) is 0 Å². The molecule has 1 heterocycles. The van der Waals surface area contributed by atoms with Gasteiger partial charge in [-0.05, 0) is 32.4 Å². The maximum atomic E-state index is 12.2. The first-order valence-electron chi connectivity index (χ1n) is 8.71. The van der Waals surface area contributed by atoms with Gasteiger partial charge in [0, 0.05) is 25.9 Å². The Kier molecular flexibility index (Phi) is 6.63. The maximum Gasteiger partial charge on any atom is 0.223 e. The summed E-state index contributed by atoms with van der Waals surface area (Å²) in [6.45, 7) is 5.43. The topological polar surface area (TPSA) is 92.8 Å². The number of rotatable bonds is 7. The number of para-hydroxylation sites is 2. The molecule has 1 fully saturated rings. The molecule has 0 aromatic heterocycles. The Hall–Kier alpha value is -2.09. The van der Waals surface area contributed by atoms with Crippen LogP contribution < -0.4 is 15.0 Å². The summed E-state index contributed by atoms with van der Waals surface area (Å²) in [5.41, 5.74) is 0.616. The van der Waals surface area contributed by atoms with E-state index in [1.54, 1.807) is 12.1 Å². The molecule has 7 nitrogen and oxygen atoms in total. The zero-order chi connectivity index (χ0) is 19.3. The van der Waals surface area contributed by atoms with E-state index in [9.17, 15) is 18.0 Å². The molecule has 2 amide bonds. The molecule has 1 aliphatic heterocycles. The summed E-state index contributed by atoms with van der Waals surface area (Å²) in [5.74, 6) is 0.221. The summed E-state index contributed by atoms with van der Waals surface area (Å²) in [6.07, 6.45) is 0.486. The number of hydrogen-bond acceptors (Lipinski definition) is 5. The lowest BCUT2D eigenvalue weighted by Crippen LogP contribution is -2.39. The molecule has 1 aliphatic rings. The van der Waals surface area contributed by atoms with E-state index < -0.39 is 9.84 Å². The second-order valence-electron chi connectivity index (χ2n) is 6.72. The van der Waals surface area contributed by atoms with Gasteiger partial charge in [0.2, 0.25) is 11.8 Å². The zero-order valence-corrected chi connectivity index (χ0v) is 16.2. The van der Waals surface area contributed by atoms with E-state index in [4.69, 9.17) is 4.74 Å². The fraction of sp³-hybridized carbons (Fsp3) is 0.556. The number of hydrogen-bond donors (Lipinski definition) is 1. The number of carbonyl (C=O) groups excluding carboxylic acids is 2. The van der Waals surface area contributed by atoms with Crippen LogP contribution in [-0.4, -0.2) is 50.4 Å². The molecule has 0 bridgehead atoms. The number of benzene rings is 1. The van der Waals surface area contributed by atoms with Gasteiger partial charge in [0.1, 0.15) is 5.75 Å². The van der Waals surface area contributed by atoms with Crippen LogP contribution in [0.4, 0.5) is 5.69 Å². The van der Waals surface area contributed by atoms with Crippen molar-refractivity contribution >= 4 is 27.3 Å². The van der Waals surface area contributed by atoms with E-state index in [0.29, 0.717) is 17.9 Å². The highest BCUT2D eigenvalue weighted by Gasteiger charge is 2.29. The van der Waals surface area contributed by atoms with Crippen LogP contribution in [0.15, 0.2) is 24.3 Å². The van der Waals surface area contributed by atoms with E-state index >= 15 is 0 Å². The third-order valence-corrected chi connectivity index (χ3v) is 5.83. The van der Waals surface area contributed by atoms with Gasteiger partial charge < -0.3 is 15.0 Å². The largest absolute Gasteiger partial charge is 0.489 e. The third kappa shape index (κ3) is 5.72. The summed E-state index contributed by atoms with van der Waals surface area (Å²) >= 11 is 0. The fourth-order valence-electron chi connectivity index (χ4n) is 2.90. The molecular weight excluding hydrogens is 356 g/mol. The monoisotopic (exact) mass is 382 g/mol. The molecule has 1 saturated heterocycles. The quantitative estimate of drug-likeness (QED) is 0.772. The Labute approximate surface area is 154 Å². The lowest BCUT2D eigenvalue weighted by Gasteiger charge is -2.24. The number of ether oxygens (including phenoxy) is 1. The first-order chi connectivity index (χ1) is 12.2. The average molecular weight is 382 g/mol. The SMILES string of the molecule is CC(=O)N(CCC(=O)NC1CCS(=O)(=O)C1)c1ccccc1OC(C)C. The van der Waals surface area contributed by atoms with Gasteiger partial charge in [-0.3, -0.25) is 9.59 Å². The van der Waals surface area contributed by atoms with Crippen LogP contribution in [0, 0.1) is 0 Å². The predicted molar refractivity (Wildman–Crippen MR) is 100 cm³/mol. The standard InChI is InChI=1S/C18H26N2O5S/c1-13(2)25-17-7-5-4-6-16(17)20(14(3)21)10-8-18(22)19-15-9-11-26(23,24)12-15/h4-7,13,15H,8-12H2,1-3H3,(H,19,22). The van der Waals surface area contributed by atoms with Crippen molar-refractivity contribution < 1.29 is 22.7 Å². The number of nitrogens with one attached hydrogen (secondary N) is 1. The minimum atomic E-state index is -3.04. The molecular formula is C18H26N2O5S. The van der Waals surface area contributed by atoms with Crippen molar-refractivity contribution in [3.63, 3.8) is 0 Å². The van der Waals surface area contributed by atoms with Crippen molar-refractivity contribution in [3.8, 4) is 5.75 Å². The third-order valence-electron chi connectivity index (χ3n) is 4.06. The molecule has 0 aliphatic carbocycles. The molecule has 1 unspecified atom stereocenters. The van der Waals surface area contributed by atoms with Crippen LogP contribution in [0.5, 0.6) is 5.75 Å². The molecule has 8 heteroatoms. The first-order valence-corrected chi connectivity index (χ1v) is 10.5. The highest BCUT2D eigenvalue weighted by atomic mass is 32.2. The predicted octanol–water partition coefficient (Wildman–Crippen LogP) is 1.52. The van der Waals surface area contributed by atoms with E-state index in [0.717, 1.165) is 0 Å². The van der Waals surface area contributed by atoms with Gasteiger partial charge in [0.15, 0.2) is 9.84 Å². The van der Waals surface area contributed by atoms with E-state index in [-0.39, 0.29) is 48.4 Å². The van der Waals surface area contributed by atoms with Crippen molar-refractivity contribution in [2.75, 3.05) is 23.0 Å². The number of sulfone groups is 1. The van der Waals surface area contributed by atoms with Crippen LogP contribution in [0.2, 0.25) is 0 Å². The molecule has 0 saturated carbocycles. The summed E-state index contributed by atoms with van der Waals surface area (Å²) in [6, 6.07) is 6.86. The molecule has 2 rings (SSSR count). The normalized spacial score (nSPS) is 18.5. The first kappa shape index (κ1) is 20.2. The van der Waals surface area contributed by atoms with Crippen LogP contribution in [0.25, 0.3) is 0 Å². The molecule has 1 N–H and O–H groups in total. The fourth-order valence-corrected chi connectivity index (χ4v) is 4.58. The average Bonchev–Trinajstić information content (AvgIpc) is 2.86. The Morgan fingerprint density at radius 2 is 2.00 bits per heavy atom. The Morgan fingerprint density at radius 1 is 1.31 bits per heavy atom. The molecule has 1 aromatic rings. The second kappa shape index (κ2) is 8.53. The molecule has 0 spiro atoms. The minimum absolute atomic E-state index is 0.0137. The van der Waals surface area contributed by atoms with E-state index in [1.807, 2.05) is 26.0 Å². The van der Waals surface area contributed by atoms with Crippen molar-refractivity contribution in [2.45, 2.75) is 45.8 Å². The van der Waals surface area contributed by atoms with Crippen molar-refractivity contribution in [2.24, 2.45) is 0 Å². The van der Waals surface area contributed by atoms with Gasteiger partial charge in [0.05, 0.1) is 23.3 Å². The van der Waals surface area contributed by atoms with E-state index in [2.05, 4.69) is 5.32 Å².